The van der Waals surface area contributed by atoms with E-state index in [1.54, 1.807) is 18.2 Å². The summed E-state index contributed by atoms with van der Waals surface area (Å²) in [6.45, 7) is 1.98. The SMILES string of the molecule is CCc1cccc(NC(=O)COC(=O)c2cccc(N3CCCS3(=O)=O)c2)c1. The Morgan fingerprint density at radius 2 is 1.93 bits per heavy atom. The molecule has 0 aliphatic carbocycles. The fraction of sp³-hybridized carbons (Fsp3) is 0.300. The van der Waals surface area contributed by atoms with Crippen LogP contribution >= 0.6 is 0 Å². The van der Waals surface area contributed by atoms with E-state index in [4.69, 9.17) is 4.74 Å². The van der Waals surface area contributed by atoms with Crippen molar-refractivity contribution in [3.8, 4) is 0 Å². The molecule has 148 valence electrons. The number of nitrogens with zero attached hydrogens (tertiary/aromatic N) is 1. The lowest BCUT2D eigenvalue weighted by molar-refractivity contribution is -0.119. The molecule has 0 saturated carbocycles. The lowest BCUT2D eigenvalue weighted by Crippen LogP contribution is -2.25. The number of rotatable bonds is 6. The van der Waals surface area contributed by atoms with Gasteiger partial charge >= 0.3 is 5.97 Å². The highest BCUT2D eigenvalue weighted by molar-refractivity contribution is 7.93. The van der Waals surface area contributed by atoms with Gasteiger partial charge in [-0.15, -0.1) is 0 Å². The molecule has 0 spiro atoms. The third kappa shape index (κ3) is 4.69. The molecule has 2 aromatic rings. The molecule has 0 unspecified atom stereocenters. The lowest BCUT2D eigenvalue weighted by atomic mass is 10.1. The Hall–Kier alpha value is -2.87. The first-order chi connectivity index (χ1) is 13.4. The summed E-state index contributed by atoms with van der Waals surface area (Å²) >= 11 is 0. The van der Waals surface area contributed by atoms with E-state index in [2.05, 4.69) is 5.32 Å². The standard InChI is InChI=1S/C20H22N2O5S/c1-2-15-6-3-8-17(12-15)21-19(23)14-27-20(24)16-7-4-9-18(13-16)22-10-5-11-28(22,25)26/h3-4,6-9,12-13H,2,5,10-11,14H2,1H3,(H,21,23). The molecule has 0 radical (unpaired) electrons. The molecule has 1 amide bonds. The Morgan fingerprint density at radius 1 is 1.14 bits per heavy atom. The number of hydrogen-bond donors (Lipinski definition) is 1. The normalized spacial score (nSPS) is 15.2. The average Bonchev–Trinajstić information content (AvgIpc) is 3.05. The van der Waals surface area contributed by atoms with Gasteiger partial charge in [-0.05, 0) is 48.7 Å². The second-order valence-corrected chi connectivity index (χ2v) is 8.48. The molecule has 1 fully saturated rings. The monoisotopic (exact) mass is 402 g/mol. The summed E-state index contributed by atoms with van der Waals surface area (Å²) < 4.78 is 30.4. The van der Waals surface area contributed by atoms with Crippen LogP contribution in [0.4, 0.5) is 11.4 Å². The van der Waals surface area contributed by atoms with Crippen LogP contribution in [-0.4, -0.2) is 39.2 Å². The first-order valence-corrected chi connectivity index (χ1v) is 10.7. The number of amides is 1. The van der Waals surface area contributed by atoms with Crippen LogP contribution in [0.25, 0.3) is 0 Å². The molecule has 3 rings (SSSR count). The minimum Gasteiger partial charge on any atom is -0.452 e. The van der Waals surface area contributed by atoms with Crippen LogP contribution in [0.2, 0.25) is 0 Å². The van der Waals surface area contributed by atoms with Crippen molar-refractivity contribution in [1.82, 2.24) is 0 Å². The topological polar surface area (TPSA) is 92.8 Å². The van der Waals surface area contributed by atoms with Crippen LogP contribution in [0.1, 0.15) is 29.3 Å². The van der Waals surface area contributed by atoms with Gasteiger partial charge in [0.05, 0.1) is 17.0 Å². The van der Waals surface area contributed by atoms with Crippen molar-refractivity contribution in [2.75, 3.05) is 28.5 Å². The third-order valence-corrected chi connectivity index (χ3v) is 6.29. The zero-order valence-corrected chi connectivity index (χ0v) is 16.4. The largest absolute Gasteiger partial charge is 0.452 e. The van der Waals surface area contributed by atoms with E-state index >= 15 is 0 Å². The van der Waals surface area contributed by atoms with Crippen LogP contribution in [0, 0.1) is 0 Å². The van der Waals surface area contributed by atoms with Crippen molar-refractivity contribution < 1.29 is 22.7 Å². The first-order valence-electron chi connectivity index (χ1n) is 9.05. The van der Waals surface area contributed by atoms with Gasteiger partial charge in [-0.2, -0.15) is 0 Å². The summed E-state index contributed by atoms with van der Waals surface area (Å²) in [5.74, 6) is -1.03. The summed E-state index contributed by atoms with van der Waals surface area (Å²) in [7, 11) is -3.33. The number of nitrogens with one attached hydrogen (secondary N) is 1. The summed E-state index contributed by atoms with van der Waals surface area (Å²) in [5.41, 5.74) is 2.35. The number of benzene rings is 2. The molecular formula is C20H22N2O5S. The van der Waals surface area contributed by atoms with Gasteiger partial charge in [0.2, 0.25) is 10.0 Å². The van der Waals surface area contributed by atoms with Gasteiger partial charge in [0.25, 0.3) is 5.91 Å². The van der Waals surface area contributed by atoms with Gasteiger partial charge in [-0.3, -0.25) is 9.10 Å². The molecule has 0 aromatic heterocycles. The Balaban J connectivity index is 1.60. The molecule has 1 aliphatic heterocycles. The zero-order chi connectivity index (χ0) is 20.1. The number of sulfonamides is 1. The molecule has 1 saturated heterocycles. The number of esters is 1. The quantitative estimate of drug-likeness (QED) is 0.750. The van der Waals surface area contributed by atoms with Crippen molar-refractivity contribution in [1.29, 1.82) is 0 Å². The summed E-state index contributed by atoms with van der Waals surface area (Å²) in [6, 6.07) is 13.6. The average molecular weight is 402 g/mol. The fourth-order valence-corrected chi connectivity index (χ4v) is 4.55. The molecule has 1 aliphatic rings. The van der Waals surface area contributed by atoms with E-state index in [1.165, 1.54) is 16.4 Å². The Morgan fingerprint density at radius 3 is 2.64 bits per heavy atom. The summed E-state index contributed by atoms with van der Waals surface area (Å²) in [4.78, 5) is 24.3. The van der Waals surface area contributed by atoms with E-state index in [0.717, 1.165) is 12.0 Å². The predicted molar refractivity (Wildman–Crippen MR) is 107 cm³/mol. The van der Waals surface area contributed by atoms with Crippen LogP contribution in [-0.2, 0) is 26.0 Å². The van der Waals surface area contributed by atoms with Gasteiger partial charge in [-0.1, -0.05) is 25.1 Å². The van der Waals surface area contributed by atoms with E-state index in [-0.39, 0.29) is 11.3 Å². The van der Waals surface area contributed by atoms with E-state index in [0.29, 0.717) is 24.3 Å². The highest BCUT2D eigenvalue weighted by Crippen LogP contribution is 2.25. The molecule has 0 atom stereocenters. The molecule has 1 N–H and O–H groups in total. The molecule has 1 heterocycles. The maximum Gasteiger partial charge on any atom is 0.338 e. The number of carbonyl (C=O) groups excluding carboxylic acids is 2. The van der Waals surface area contributed by atoms with Crippen LogP contribution in [0.3, 0.4) is 0 Å². The van der Waals surface area contributed by atoms with Crippen LogP contribution in [0.5, 0.6) is 0 Å². The zero-order valence-electron chi connectivity index (χ0n) is 15.6. The third-order valence-electron chi connectivity index (χ3n) is 4.42. The van der Waals surface area contributed by atoms with Crippen LogP contribution in [0.15, 0.2) is 48.5 Å². The highest BCUT2D eigenvalue weighted by atomic mass is 32.2. The number of hydrogen-bond acceptors (Lipinski definition) is 5. The lowest BCUT2D eigenvalue weighted by Gasteiger charge is -2.17. The van der Waals surface area contributed by atoms with Gasteiger partial charge in [0.1, 0.15) is 0 Å². The molecule has 2 aromatic carbocycles. The summed E-state index contributed by atoms with van der Waals surface area (Å²) in [5, 5.41) is 2.69. The second kappa shape index (κ2) is 8.43. The molecule has 7 nitrogen and oxygen atoms in total. The van der Waals surface area contributed by atoms with Gasteiger partial charge in [-0.25, -0.2) is 13.2 Å². The minimum atomic E-state index is -3.33. The molecule has 0 bridgehead atoms. The summed E-state index contributed by atoms with van der Waals surface area (Å²) in [6.07, 6.45) is 1.40. The van der Waals surface area contributed by atoms with Gasteiger partial charge < -0.3 is 10.1 Å². The minimum absolute atomic E-state index is 0.0983. The molecular weight excluding hydrogens is 380 g/mol. The number of carbonyl (C=O) groups is 2. The number of anilines is 2. The predicted octanol–water partition coefficient (Wildman–Crippen LogP) is 2.58. The number of aryl methyl sites for hydroxylation is 1. The van der Waals surface area contributed by atoms with Crippen molar-refractivity contribution in [2.24, 2.45) is 0 Å². The Bertz CT molecular complexity index is 988. The maximum atomic E-state index is 12.3. The van der Waals surface area contributed by atoms with E-state index in [9.17, 15) is 18.0 Å². The molecule has 8 heteroatoms. The smallest absolute Gasteiger partial charge is 0.338 e. The van der Waals surface area contributed by atoms with Crippen molar-refractivity contribution in [3.63, 3.8) is 0 Å². The first kappa shape index (κ1) is 19.9. The van der Waals surface area contributed by atoms with Crippen molar-refractivity contribution in [2.45, 2.75) is 19.8 Å². The Kier molecular flexibility index (Phi) is 5.99. The van der Waals surface area contributed by atoms with Crippen LogP contribution < -0.4 is 9.62 Å². The highest BCUT2D eigenvalue weighted by Gasteiger charge is 2.28. The number of ether oxygens (including phenoxy) is 1. The maximum absolute atomic E-state index is 12.3. The van der Waals surface area contributed by atoms with Crippen molar-refractivity contribution in [3.05, 3.63) is 59.7 Å². The van der Waals surface area contributed by atoms with E-state index in [1.807, 2.05) is 25.1 Å². The van der Waals surface area contributed by atoms with Gasteiger partial charge in [0.15, 0.2) is 6.61 Å². The van der Waals surface area contributed by atoms with Crippen molar-refractivity contribution >= 4 is 33.3 Å². The Labute approximate surface area is 164 Å². The second-order valence-electron chi connectivity index (χ2n) is 6.47. The molecule has 28 heavy (non-hydrogen) atoms. The van der Waals surface area contributed by atoms with E-state index < -0.39 is 28.5 Å². The van der Waals surface area contributed by atoms with Gasteiger partial charge in [0, 0.05) is 12.2 Å². The fourth-order valence-electron chi connectivity index (χ4n) is 3.00.